The number of halogens is 2. The van der Waals surface area contributed by atoms with E-state index in [1.807, 2.05) is 12.1 Å². The van der Waals surface area contributed by atoms with E-state index >= 15 is 0 Å². The van der Waals surface area contributed by atoms with E-state index < -0.39 is 0 Å². The number of aromatic nitrogens is 1. The summed E-state index contributed by atoms with van der Waals surface area (Å²) >= 11 is 12.0. The van der Waals surface area contributed by atoms with Gasteiger partial charge in [0.15, 0.2) is 0 Å². The van der Waals surface area contributed by atoms with Crippen molar-refractivity contribution < 1.29 is 9.59 Å². The number of benzene rings is 2. The fourth-order valence-corrected chi connectivity index (χ4v) is 3.84. The van der Waals surface area contributed by atoms with Crippen molar-refractivity contribution in [3.05, 3.63) is 64.3 Å². The lowest BCUT2D eigenvalue weighted by atomic mass is 10.2. The van der Waals surface area contributed by atoms with E-state index in [2.05, 4.69) is 10.3 Å². The summed E-state index contributed by atoms with van der Waals surface area (Å²) in [5.74, 6) is -0.0746. The van der Waals surface area contributed by atoms with Crippen molar-refractivity contribution in [1.29, 1.82) is 0 Å². The smallest absolute Gasteiger partial charge is 0.321 e. The van der Waals surface area contributed by atoms with Gasteiger partial charge in [-0.3, -0.25) is 4.79 Å². The molecule has 3 aromatic rings. The molecule has 1 aliphatic rings. The maximum absolute atomic E-state index is 12.9. The molecular formula is C21H20Cl2N4O2. The number of nitrogens with one attached hydrogen (secondary N) is 2. The number of H-pyrrole nitrogens is 1. The van der Waals surface area contributed by atoms with E-state index in [0.717, 1.165) is 10.9 Å². The highest BCUT2D eigenvalue weighted by molar-refractivity contribution is 6.31. The third kappa shape index (κ3) is 4.49. The van der Waals surface area contributed by atoms with Crippen LogP contribution in [-0.2, 0) is 0 Å². The number of nitrogens with zero attached hydrogens (tertiary/aromatic N) is 2. The Morgan fingerprint density at radius 1 is 0.897 bits per heavy atom. The highest BCUT2D eigenvalue weighted by atomic mass is 35.5. The predicted molar refractivity (Wildman–Crippen MR) is 116 cm³/mol. The Bertz CT molecular complexity index is 1070. The van der Waals surface area contributed by atoms with E-state index in [1.165, 1.54) is 0 Å². The van der Waals surface area contributed by atoms with Gasteiger partial charge in [-0.2, -0.15) is 0 Å². The Balaban J connectivity index is 1.41. The Kier molecular flexibility index (Phi) is 5.65. The fourth-order valence-electron chi connectivity index (χ4n) is 3.48. The minimum atomic E-state index is -0.193. The van der Waals surface area contributed by atoms with E-state index in [4.69, 9.17) is 23.2 Å². The molecule has 4 rings (SSSR count). The quantitative estimate of drug-likeness (QED) is 0.609. The van der Waals surface area contributed by atoms with Crippen LogP contribution in [0.25, 0.3) is 10.9 Å². The number of aromatic amines is 1. The van der Waals surface area contributed by atoms with Crippen LogP contribution < -0.4 is 5.32 Å². The fraction of sp³-hybridized carbons (Fsp3) is 0.238. The van der Waals surface area contributed by atoms with E-state index in [-0.39, 0.29) is 11.9 Å². The Morgan fingerprint density at radius 3 is 2.48 bits per heavy atom. The predicted octanol–water partition coefficient (Wildman–Crippen LogP) is 4.85. The number of fused-ring (bicyclic) bond motifs is 1. The van der Waals surface area contributed by atoms with Crippen LogP contribution in [0.5, 0.6) is 0 Å². The van der Waals surface area contributed by atoms with Gasteiger partial charge in [-0.25, -0.2) is 4.79 Å². The van der Waals surface area contributed by atoms with Crippen LogP contribution in [0.4, 0.5) is 10.5 Å². The maximum Gasteiger partial charge on any atom is 0.321 e. The molecule has 150 valence electrons. The molecule has 1 saturated heterocycles. The SMILES string of the molecule is O=C(Nc1cccc(Cl)c1)N1CCCN(C(=O)c2cc3ccc(Cl)cc3[nH]2)CC1. The lowest BCUT2D eigenvalue weighted by molar-refractivity contribution is 0.0758. The van der Waals surface area contributed by atoms with Gasteiger partial charge in [0.25, 0.3) is 5.91 Å². The van der Waals surface area contributed by atoms with Crippen molar-refractivity contribution in [2.75, 3.05) is 31.5 Å². The molecule has 2 heterocycles. The topological polar surface area (TPSA) is 68.4 Å². The average Bonchev–Trinajstić information content (AvgIpc) is 2.95. The van der Waals surface area contributed by atoms with Crippen molar-refractivity contribution >= 4 is 51.7 Å². The Hall–Kier alpha value is -2.70. The van der Waals surface area contributed by atoms with Crippen LogP contribution in [0.15, 0.2) is 48.5 Å². The summed E-state index contributed by atoms with van der Waals surface area (Å²) in [6.07, 6.45) is 0.709. The van der Waals surface area contributed by atoms with Gasteiger partial charge in [0, 0.05) is 52.8 Å². The number of rotatable bonds is 2. The molecule has 2 N–H and O–H groups in total. The summed E-state index contributed by atoms with van der Waals surface area (Å²) in [5, 5.41) is 4.98. The van der Waals surface area contributed by atoms with Crippen LogP contribution >= 0.6 is 23.2 Å². The summed E-state index contributed by atoms with van der Waals surface area (Å²) in [6.45, 7) is 2.11. The zero-order chi connectivity index (χ0) is 20.4. The first-order valence-corrected chi connectivity index (χ1v) is 10.1. The molecule has 0 atom stereocenters. The Morgan fingerprint density at radius 2 is 1.66 bits per heavy atom. The molecule has 0 radical (unpaired) electrons. The van der Waals surface area contributed by atoms with Gasteiger partial charge in [0.05, 0.1) is 0 Å². The van der Waals surface area contributed by atoms with Gasteiger partial charge < -0.3 is 20.1 Å². The molecule has 0 aliphatic carbocycles. The summed E-state index contributed by atoms with van der Waals surface area (Å²) in [6, 6.07) is 14.2. The molecule has 2 aromatic carbocycles. The van der Waals surface area contributed by atoms with Crippen molar-refractivity contribution in [2.24, 2.45) is 0 Å². The van der Waals surface area contributed by atoms with Crippen molar-refractivity contribution in [3.63, 3.8) is 0 Å². The number of amides is 3. The number of anilines is 1. The lowest BCUT2D eigenvalue weighted by Crippen LogP contribution is -2.39. The second kappa shape index (κ2) is 8.35. The van der Waals surface area contributed by atoms with Crippen LogP contribution in [0, 0.1) is 0 Å². The molecule has 0 saturated carbocycles. The number of carbonyl (C=O) groups excluding carboxylic acids is 2. The second-order valence-electron chi connectivity index (χ2n) is 6.99. The molecule has 6 nitrogen and oxygen atoms in total. The highest BCUT2D eigenvalue weighted by Crippen LogP contribution is 2.21. The Labute approximate surface area is 178 Å². The normalized spacial score (nSPS) is 14.7. The summed E-state index contributed by atoms with van der Waals surface area (Å²) in [7, 11) is 0. The van der Waals surface area contributed by atoms with Gasteiger partial charge in [-0.15, -0.1) is 0 Å². The molecule has 0 bridgehead atoms. The van der Waals surface area contributed by atoms with Gasteiger partial charge in [-0.05, 0) is 42.8 Å². The molecule has 1 fully saturated rings. The van der Waals surface area contributed by atoms with Crippen molar-refractivity contribution in [3.8, 4) is 0 Å². The molecule has 3 amide bonds. The van der Waals surface area contributed by atoms with Gasteiger partial charge >= 0.3 is 6.03 Å². The van der Waals surface area contributed by atoms with Crippen LogP contribution in [0.3, 0.4) is 0 Å². The minimum Gasteiger partial charge on any atom is -0.350 e. The first-order chi connectivity index (χ1) is 14.0. The maximum atomic E-state index is 12.9. The van der Waals surface area contributed by atoms with E-state index in [1.54, 1.807) is 46.2 Å². The average molecular weight is 431 g/mol. The number of hydrogen-bond donors (Lipinski definition) is 2. The van der Waals surface area contributed by atoms with Crippen molar-refractivity contribution in [2.45, 2.75) is 6.42 Å². The second-order valence-corrected chi connectivity index (χ2v) is 7.86. The molecule has 29 heavy (non-hydrogen) atoms. The zero-order valence-electron chi connectivity index (χ0n) is 15.6. The summed E-state index contributed by atoms with van der Waals surface area (Å²) in [5.41, 5.74) is 2.01. The van der Waals surface area contributed by atoms with Gasteiger partial charge in [-0.1, -0.05) is 35.3 Å². The third-order valence-corrected chi connectivity index (χ3v) is 5.43. The largest absolute Gasteiger partial charge is 0.350 e. The van der Waals surface area contributed by atoms with Crippen LogP contribution in [0.1, 0.15) is 16.9 Å². The monoisotopic (exact) mass is 430 g/mol. The summed E-state index contributed by atoms with van der Waals surface area (Å²) < 4.78 is 0. The number of hydrogen-bond acceptors (Lipinski definition) is 2. The molecule has 1 aliphatic heterocycles. The standard InChI is InChI=1S/C21H20Cl2N4O2/c22-15-3-1-4-17(12-15)24-21(29)27-8-2-7-26(9-10-27)20(28)19-11-14-5-6-16(23)13-18(14)25-19/h1,3-6,11-13,25H,2,7-10H2,(H,24,29). The zero-order valence-corrected chi connectivity index (χ0v) is 17.1. The molecule has 0 unspecified atom stereocenters. The van der Waals surface area contributed by atoms with Crippen LogP contribution in [0.2, 0.25) is 10.0 Å². The van der Waals surface area contributed by atoms with Gasteiger partial charge in [0.1, 0.15) is 5.69 Å². The summed E-state index contributed by atoms with van der Waals surface area (Å²) in [4.78, 5) is 32.2. The first-order valence-electron chi connectivity index (χ1n) is 9.39. The van der Waals surface area contributed by atoms with E-state index in [9.17, 15) is 9.59 Å². The molecule has 8 heteroatoms. The molecule has 0 spiro atoms. The number of carbonyl (C=O) groups is 2. The molecule has 1 aromatic heterocycles. The van der Waals surface area contributed by atoms with Crippen LogP contribution in [-0.4, -0.2) is 52.9 Å². The lowest BCUT2D eigenvalue weighted by Gasteiger charge is -2.22. The highest BCUT2D eigenvalue weighted by Gasteiger charge is 2.24. The van der Waals surface area contributed by atoms with Gasteiger partial charge in [0.2, 0.25) is 0 Å². The molecular weight excluding hydrogens is 411 g/mol. The third-order valence-electron chi connectivity index (χ3n) is 4.96. The van der Waals surface area contributed by atoms with Crippen molar-refractivity contribution in [1.82, 2.24) is 14.8 Å². The number of urea groups is 1. The minimum absolute atomic E-state index is 0.0746. The van der Waals surface area contributed by atoms with E-state index in [0.29, 0.717) is 54.0 Å². The first kappa shape index (κ1) is 19.6.